The van der Waals surface area contributed by atoms with Crippen LogP contribution in [0.2, 0.25) is 0 Å². The summed E-state index contributed by atoms with van der Waals surface area (Å²) in [5.41, 5.74) is 0.369. The predicted octanol–water partition coefficient (Wildman–Crippen LogP) is 1.60. The highest BCUT2D eigenvalue weighted by atomic mass is 16.6. The maximum atomic E-state index is 11.5. The summed E-state index contributed by atoms with van der Waals surface area (Å²) in [6.45, 7) is 6.51. The second-order valence-corrected chi connectivity index (χ2v) is 5.60. The summed E-state index contributed by atoms with van der Waals surface area (Å²) in [6, 6.07) is 3.72. The molecule has 118 valence electrons. The van der Waals surface area contributed by atoms with Gasteiger partial charge in [0.2, 0.25) is 0 Å². The van der Waals surface area contributed by atoms with Gasteiger partial charge >= 0.3 is 6.09 Å². The molecule has 2 aromatic heterocycles. The molecule has 0 fully saturated rings. The van der Waals surface area contributed by atoms with Crippen molar-refractivity contribution in [1.82, 2.24) is 25.1 Å². The van der Waals surface area contributed by atoms with E-state index in [1.807, 2.05) is 32.9 Å². The Kier molecular flexibility index (Phi) is 4.92. The minimum atomic E-state index is -0.487. The van der Waals surface area contributed by atoms with E-state index in [4.69, 9.17) is 4.74 Å². The van der Waals surface area contributed by atoms with E-state index in [0.29, 0.717) is 18.9 Å². The Balaban J connectivity index is 1.72. The fourth-order valence-corrected chi connectivity index (χ4v) is 1.64. The molecule has 1 amide bonds. The molecule has 0 aliphatic heterocycles. The lowest BCUT2D eigenvalue weighted by atomic mass is 10.2. The number of carbonyl (C=O) groups excluding carboxylic acids is 1. The Morgan fingerprint density at radius 2 is 2.14 bits per heavy atom. The summed E-state index contributed by atoms with van der Waals surface area (Å²) in [4.78, 5) is 19.6. The number of hydrogen-bond acceptors (Lipinski definition) is 6. The first-order valence-electron chi connectivity index (χ1n) is 6.96. The molecule has 8 nitrogen and oxygen atoms in total. The molecule has 2 rings (SSSR count). The fraction of sp³-hybridized carbons (Fsp3) is 0.429. The van der Waals surface area contributed by atoms with E-state index in [1.165, 1.54) is 6.33 Å². The first-order valence-corrected chi connectivity index (χ1v) is 6.96. The number of pyridine rings is 1. The molecule has 0 saturated heterocycles. The van der Waals surface area contributed by atoms with Crippen molar-refractivity contribution in [2.45, 2.75) is 26.4 Å². The number of hydrogen-bond donors (Lipinski definition) is 2. The Bertz CT molecular complexity index is 589. The van der Waals surface area contributed by atoms with Gasteiger partial charge in [-0.05, 0) is 32.9 Å². The van der Waals surface area contributed by atoms with Gasteiger partial charge in [-0.3, -0.25) is 0 Å². The van der Waals surface area contributed by atoms with Gasteiger partial charge in [0.15, 0.2) is 5.82 Å². The molecule has 0 bridgehead atoms. The van der Waals surface area contributed by atoms with Crippen LogP contribution in [-0.4, -0.2) is 44.5 Å². The normalized spacial score (nSPS) is 11.0. The lowest BCUT2D eigenvalue weighted by molar-refractivity contribution is 0.0530. The number of aromatic nitrogens is 4. The lowest BCUT2D eigenvalue weighted by Gasteiger charge is -2.19. The molecular formula is C14H20N6O2. The van der Waals surface area contributed by atoms with Crippen LogP contribution in [0.4, 0.5) is 10.5 Å². The van der Waals surface area contributed by atoms with E-state index in [1.54, 1.807) is 17.2 Å². The summed E-state index contributed by atoms with van der Waals surface area (Å²) in [5, 5.41) is 9.84. The van der Waals surface area contributed by atoms with Crippen molar-refractivity contribution in [1.29, 1.82) is 0 Å². The van der Waals surface area contributed by atoms with Crippen molar-refractivity contribution in [3.05, 3.63) is 31.0 Å². The molecule has 2 heterocycles. The van der Waals surface area contributed by atoms with Crippen LogP contribution >= 0.6 is 0 Å². The lowest BCUT2D eigenvalue weighted by Crippen LogP contribution is -2.35. The Morgan fingerprint density at radius 1 is 1.32 bits per heavy atom. The van der Waals surface area contributed by atoms with Gasteiger partial charge in [-0.15, -0.1) is 0 Å². The molecule has 0 aliphatic carbocycles. The molecular weight excluding hydrogens is 284 g/mol. The second-order valence-electron chi connectivity index (χ2n) is 5.60. The van der Waals surface area contributed by atoms with Gasteiger partial charge in [-0.2, -0.15) is 5.10 Å². The zero-order valence-corrected chi connectivity index (χ0v) is 12.9. The highest BCUT2D eigenvalue weighted by molar-refractivity contribution is 5.67. The van der Waals surface area contributed by atoms with Gasteiger partial charge in [0.1, 0.15) is 18.3 Å². The van der Waals surface area contributed by atoms with E-state index in [0.717, 1.165) is 5.69 Å². The van der Waals surface area contributed by atoms with Gasteiger partial charge in [0.25, 0.3) is 0 Å². The quantitative estimate of drug-likeness (QED) is 0.815. The smallest absolute Gasteiger partial charge is 0.407 e. The number of carbonyl (C=O) groups is 1. The van der Waals surface area contributed by atoms with Gasteiger partial charge in [-0.1, -0.05) is 0 Å². The van der Waals surface area contributed by atoms with Crippen LogP contribution in [0.3, 0.4) is 0 Å². The van der Waals surface area contributed by atoms with Crippen molar-refractivity contribution in [3.8, 4) is 5.82 Å². The van der Waals surface area contributed by atoms with E-state index in [2.05, 4.69) is 25.7 Å². The summed E-state index contributed by atoms with van der Waals surface area (Å²) in [7, 11) is 0. The highest BCUT2D eigenvalue weighted by Gasteiger charge is 2.15. The van der Waals surface area contributed by atoms with Crippen molar-refractivity contribution in [2.75, 3.05) is 18.4 Å². The Morgan fingerprint density at radius 3 is 2.73 bits per heavy atom. The van der Waals surface area contributed by atoms with Crippen molar-refractivity contribution < 1.29 is 9.53 Å². The molecule has 0 spiro atoms. The van der Waals surface area contributed by atoms with Gasteiger partial charge in [0.05, 0.1) is 11.9 Å². The maximum Gasteiger partial charge on any atom is 0.407 e. The zero-order chi connectivity index (χ0) is 16.0. The van der Waals surface area contributed by atoms with Gasteiger partial charge in [0, 0.05) is 13.1 Å². The third-order valence-electron chi connectivity index (χ3n) is 2.52. The molecule has 0 unspecified atom stereocenters. The van der Waals surface area contributed by atoms with Crippen LogP contribution in [0.25, 0.3) is 5.82 Å². The summed E-state index contributed by atoms with van der Waals surface area (Å²) in [5.74, 6) is 0.690. The van der Waals surface area contributed by atoms with Crippen LogP contribution in [0, 0.1) is 0 Å². The van der Waals surface area contributed by atoms with Crippen LogP contribution < -0.4 is 10.6 Å². The maximum absolute atomic E-state index is 11.5. The number of ether oxygens (including phenoxy) is 1. The molecule has 0 radical (unpaired) electrons. The van der Waals surface area contributed by atoms with Crippen molar-refractivity contribution in [3.63, 3.8) is 0 Å². The molecule has 8 heteroatoms. The third-order valence-corrected chi connectivity index (χ3v) is 2.52. The number of nitrogens with zero attached hydrogens (tertiary/aromatic N) is 4. The fourth-order valence-electron chi connectivity index (χ4n) is 1.64. The van der Waals surface area contributed by atoms with Crippen LogP contribution in [-0.2, 0) is 4.74 Å². The highest BCUT2D eigenvalue weighted by Crippen LogP contribution is 2.08. The SMILES string of the molecule is CC(C)(C)OC(=O)NCCNc1ccc(-n2cncn2)nc1. The molecule has 0 saturated carbocycles. The number of alkyl carbamates (subject to hydrolysis) is 1. The molecule has 0 aliphatic rings. The Labute approximate surface area is 128 Å². The van der Waals surface area contributed by atoms with E-state index >= 15 is 0 Å². The number of nitrogens with one attached hydrogen (secondary N) is 2. The summed E-state index contributed by atoms with van der Waals surface area (Å²) >= 11 is 0. The van der Waals surface area contributed by atoms with Crippen molar-refractivity contribution >= 4 is 11.8 Å². The second kappa shape index (κ2) is 6.88. The topological polar surface area (TPSA) is 94.0 Å². The van der Waals surface area contributed by atoms with E-state index in [9.17, 15) is 4.79 Å². The number of rotatable bonds is 5. The predicted molar refractivity (Wildman–Crippen MR) is 81.9 cm³/mol. The average molecular weight is 304 g/mol. The van der Waals surface area contributed by atoms with Crippen molar-refractivity contribution in [2.24, 2.45) is 0 Å². The molecule has 2 aromatic rings. The molecule has 22 heavy (non-hydrogen) atoms. The van der Waals surface area contributed by atoms with Crippen LogP contribution in [0.5, 0.6) is 0 Å². The van der Waals surface area contributed by atoms with Crippen LogP contribution in [0.1, 0.15) is 20.8 Å². The zero-order valence-electron chi connectivity index (χ0n) is 12.9. The first kappa shape index (κ1) is 15.7. The summed E-state index contributed by atoms with van der Waals surface area (Å²) < 4.78 is 6.72. The first-order chi connectivity index (χ1) is 10.4. The largest absolute Gasteiger partial charge is 0.444 e. The number of anilines is 1. The van der Waals surface area contributed by atoms with Gasteiger partial charge < -0.3 is 15.4 Å². The van der Waals surface area contributed by atoms with Crippen LogP contribution in [0.15, 0.2) is 31.0 Å². The van der Waals surface area contributed by atoms with E-state index < -0.39 is 11.7 Å². The molecule has 0 atom stereocenters. The van der Waals surface area contributed by atoms with Gasteiger partial charge in [-0.25, -0.2) is 19.4 Å². The minimum Gasteiger partial charge on any atom is -0.444 e. The molecule has 2 N–H and O–H groups in total. The Hall–Kier alpha value is -2.64. The number of amides is 1. The standard InChI is InChI=1S/C14H20N6O2/c1-14(2,3)22-13(21)17-7-6-16-11-4-5-12(18-8-11)20-10-15-9-19-20/h4-5,8-10,16H,6-7H2,1-3H3,(H,17,21). The minimum absolute atomic E-state index is 0.422. The third kappa shape index (κ3) is 5.04. The summed E-state index contributed by atoms with van der Waals surface area (Å²) in [6.07, 6.45) is 4.31. The molecule has 0 aromatic carbocycles. The average Bonchev–Trinajstić information content (AvgIpc) is 2.96. The monoisotopic (exact) mass is 304 g/mol. The van der Waals surface area contributed by atoms with E-state index in [-0.39, 0.29) is 0 Å².